The predicted molar refractivity (Wildman–Crippen MR) is 134 cm³/mol. The lowest BCUT2D eigenvalue weighted by atomic mass is 9.99. The molecule has 0 spiro atoms. The first-order chi connectivity index (χ1) is 17.3. The number of amides is 3. The van der Waals surface area contributed by atoms with Crippen LogP contribution in [0.1, 0.15) is 44.4 Å². The third kappa shape index (κ3) is 9.13. The molecule has 2 atom stereocenters. The van der Waals surface area contributed by atoms with Gasteiger partial charge in [-0.25, -0.2) is 4.79 Å². The monoisotopic (exact) mass is 494 g/mol. The van der Waals surface area contributed by atoms with E-state index in [-0.39, 0.29) is 25.0 Å². The van der Waals surface area contributed by atoms with E-state index in [4.69, 9.17) is 4.74 Å². The number of ether oxygens (including phenoxy) is 1. The van der Waals surface area contributed by atoms with Gasteiger partial charge in [0.15, 0.2) is 0 Å². The van der Waals surface area contributed by atoms with Gasteiger partial charge in [-0.2, -0.15) is 0 Å². The van der Waals surface area contributed by atoms with E-state index < -0.39 is 35.8 Å². The molecule has 3 amide bonds. The first-order valence-corrected chi connectivity index (χ1v) is 12.3. The number of carbonyl (C=O) groups excluding carboxylic acids is 4. The summed E-state index contributed by atoms with van der Waals surface area (Å²) >= 11 is 0. The third-order valence-corrected chi connectivity index (χ3v) is 5.69. The summed E-state index contributed by atoms with van der Waals surface area (Å²) in [4.78, 5) is 55.2. The molecule has 192 valence electrons. The van der Waals surface area contributed by atoms with Crippen molar-refractivity contribution >= 4 is 23.7 Å². The molecule has 1 aromatic carbocycles. The summed E-state index contributed by atoms with van der Waals surface area (Å²) in [7, 11) is 0. The molecule has 1 fully saturated rings. The standard InChI is InChI=1S/C27H34N4O5/c1-18(2)16-23(31-27(35)36-15-13-20-10-6-7-14-28-20)25(33)30-22(17-19-8-4-3-5-9-19)24(32)26(34)29-21-11-12-21/h3-10,14,18,21-23H,11-13,15-17H2,1-2H3,(H,29,34)(H,30,33)(H,31,35)/t22-,23-/m0/s1. The second-order valence-electron chi connectivity index (χ2n) is 9.40. The van der Waals surface area contributed by atoms with Gasteiger partial charge in [-0.1, -0.05) is 50.2 Å². The van der Waals surface area contributed by atoms with Crippen LogP contribution >= 0.6 is 0 Å². The van der Waals surface area contributed by atoms with Gasteiger partial charge in [-0.3, -0.25) is 19.4 Å². The van der Waals surface area contributed by atoms with E-state index in [1.165, 1.54) is 0 Å². The minimum absolute atomic E-state index is 0.0192. The molecule has 1 heterocycles. The molecule has 3 rings (SSSR count). The number of ketones is 1. The summed E-state index contributed by atoms with van der Waals surface area (Å²) in [6, 6.07) is 12.7. The fourth-order valence-electron chi connectivity index (χ4n) is 3.65. The minimum Gasteiger partial charge on any atom is -0.449 e. The fraction of sp³-hybridized carbons (Fsp3) is 0.444. The number of hydrogen-bond acceptors (Lipinski definition) is 6. The normalized spacial score (nSPS) is 14.4. The van der Waals surface area contributed by atoms with Gasteiger partial charge < -0.3 is 20.7 Å². The minimum atomic E-state index is -1.06. The fourth-order valence-corrected chi connectivity index (χ4v) is 3.65. The molecular formula is C27H34N4O5. The lowest BCUT2D eigenvalue weighted by molar-refractivity contribution is -0.140. The smallest absolute Gasteiger partial charge is 0.407 e. The van der Waals surface area contributed by atoms with Crippen LogP contribution in [0, 0.1) is 5.92 Å². The van der Waals surface area contributed by atoms with Crippen molar-refractivity contribution in [3.05, 3.63) is 66.0 Å². The van der Waals surface area contributed by atoms with Crippen molar-refractivity contribution in [1.29, 1.82) is 0 Å². The van der Waals surface area contributed by atoms with Crippen LogP contribution in [0.4, 0.5) is 4.79 Å². The highest BCUT2D eigenvalue weighted by Gasteiger charge is 2.33. The Morgan fingerprint density at radius 1 is 0.972 bits per heavy atom. The zero-order chi connectivity index (χ0) is 25.9. The largest absolute Gasteiger partial charge is 0.449 e. The maximum absolute atomic E-state index is 13.2. The molecule has 1 aliphatic carbocycles. The second kappa shape index (κ2) is 13.4. The number of benzene rings is 1. The Morgan fingerprint density at radius 3 is 2.33 bits per heavy atom. The molecule has 3 N–H and O–H groups in total. The maximum Gasteiger partial charge on any atom is 0.407 e. The number of pyridine rings is 1. The van der Waals surface area contributed by atoms with Crippen molar-refractivity contribution in [2.45, 2.75) is 64.1 Å². The summed E-state index contributed by atoms with van der Waals surface area (Å²) in [5.74, 6) is -1.88. The number of Topliss-reactive ketones (excluding diaryl/α,β-unsaturated/α-hetero) is 1. The van der Waals surface area contributed by atoms with Crippen molar-refractivity contribution in [2.75, 3.05) is 6.61 Å². The van der Waals surface area contributed by atoms with Crippen LogP contribution in [-0.2, 0) is 32.0 Å². The highest BCUT2D eigenvalue weighted by Crippen LogP contribution is 2.18. The van der Waals surface area contributed by atoms with E-state index in [1.807, 2.05) is 56.3 Å². The summed E-state index contributed by atoms with van der Waals surface area (Å²) in [6.07, 6.45) is 3.56. The molecule has 0 unspecified atom stereocenters. The van der Waals surface area contributed by atoms with Crippen molar-refractivity contribution in [1.82, 2.24) is 20.9 Å². The molecule has 0 radical (unpaired) electrons. The molecule has 1 aromatic heterocycles. The first kappa shape index (κ1) is 26.8. The zero-order valence-corrected chi connectivity index (χ0v) is 20.7. The maximum atomic E-state index is 13.2. The Balaban J connectivity index is 1.63. The predicted octanol–water partition coefficient (Wildman–Crippen LogP) is 2.34. The van der Waals surface area contributed by atoms with Crippen molar-refractivity contribution in [2.24, 2.45) is 5.92 Å². The zero-order valence-electron chi connectivity index (χ0n) is 20.7. The van der Waals surface area contributed by atoms with Gasteiger partial charge in [0.25, 0.3) is 5.91 Å². The van der Waals surface area contributed by atoms with Crippen LogP contribution in [0.2, 0.25) is 0 Å². The average Bonchev–Trinajstić information content (AvgIpc) is 3.67. The summed E-state index contributed by atoms with van der Waals surface area (Å²) < 4.78 is 5.24. The molecule has 36 heavy (non-hydrogen) atoms. The molecule has 9 heteroatoms. The Labute approximate surface area is 211 Å². The molecule has 2 aromatic rings. The Morgan fingerprint density at radius 2 is 1.69 bits per heavy atom. The molecule has 0 aliphatic heterocycles. The van der Waals surface area contributed by atoms with Crippen LogP contribution in [0.25, 0.3) is 0 Å². The molecule has 1 saturated carbocycles. The second-order valence-corrected chi connectivity index (χ2v) is 9.40. The first-order valence-electron chi connectivity index (χ1n) is 12.3. The van der Waals surface area contributed by atoms with E-state index in [1.54, 1.807) is 12.3 Å². The van der Waals surface area contributed by atoms with Crippen LogP contribution in [-0.4, -0.2) is 53.4 Å². The number of carbonyl (C=O) groups is 4. The van der Waals surface area contributed by atoms with Crippen molar-refractivity contribution in [3.8, 4) is 0 Å². The summed E-state index contributed by atoms with van der Waals surface area (Å²) in [5, 5.41) is 8.00. The number of nitrogens with one attached hydrogen (secondary N) is 3. The Kier molecular flexibility index (Phi) is 9.97. The number of alkyl carbamates (subject to hydrolysis) is 1. The van der Waals surface area contributed by atoms with Gasteiger partial charge >= 0.3 is 6.09 Å². The van der Waals surface area contributed by atoms with Crippen molar-refractivity contribution < 1.29 is 23.9 Å². The lowest BCUT2D eigenvalue weighted by Gasteiger charge is -2.23. The van der Waals surface area contributed by atoms with E-state index in [9.17, 15) is 19.2 Å². The number of aromatic nitrogens is 1. The third-order valence-electron chi connectivity index (χ3n) is 5.69. The lowest BCUT2D eigenvalue weighted by Crippen LogP contribution is -2.55. The van der Waals surface area contributed by atoms with E-state index in [2.05, 4.69) is 20.9 Å². The van der Waals surface area contributed by atoms with Crippen LogP contribution in [0.3, 0.4) is 0 Å². The molecule has 1 aliphatic rings. The van der Waals surface area contributed by atoms with Gasteiger partial charge in [0, 0.05) is 30.8 Å². The van der Waals surface area contributed by atoms with Gasteiger partial charge in [-0.05, 0) is 42.9 Å². The van der Waals surface area contributed by atoms with E-state index >= 15 is 0 Å². The Bertz CT molecular complexity index is 1020. The number of nitrogens with zero attached hydrogens (tertiary/aromatic N) is 1. The van der Waals surface area contributed by atoms with E-state index in [0.29, 0.717) is 12.8 Å². The molecule has 0 saturated heterocycles. The molecule has 0 bridgehead atoms. The van der Waals surface area contributed by atoms with Gasteiger partial charge in [0.05, 0.1) is 6.61 Å². The highest BCUT2D eigenvalue weighted by atomic mass is 16.5. The van der Waals surface area contributed by atoms with E-state index in [0.717, 1.165) is 24.1 Å². The topological polar surface area (TPSA) is 126 Å². The number of hydrogen-bond donors (Lipinski definition) is 3. The van der Waals surface area contributed by atoms with Gasteiger partial charge in [-0.15, -0.1) is 0 Å². The van der Waals surface area contributed by atoms with Crippen LogP contribution in [0.5, 0.6) is 0 Å². The molecule has 9 nitrogen and oxygen atoms in total. The van der Waals surface area contributed by atoms with Gasteiger partial charge in [0.2, 0.25) is 11.7 Å². The quantitative estimate of drug-likeness (QED) is 0.367. The molecular weight excluding hydrogens is 460 g/mol. The summed E-state index contributed by atoms with van der Waals surface area (Å²) in [5.41, 5.74) is 1.59. The average molecular weight is 495 g/mol. The van der Waals surface area contributed by atoms with Crippen LogP contribution < -0.4 is 16.0 Å². The Hall–Kier alpha value is -3.75. The summed E-state index contributed by atoms with van der Waals surface area (Å²) in [6.45, 7) is 3.95. The van der Waals surface area contributed by atoms with Crippen molar-refractivity contribution in [3.63, 3.8) is 0 Å². The number of rotatable bonds is 13. The highest BCUT2D eigenvalue weighted by molar-refractivity contribution is 6.38. The van der Waals surface area contributed by atoms with Gasteiger partial charge in [0.1, 0.15) is 12.1 Å². The SMILES string of the molecule is CC(C)C[C@H](NC(=O)OCCc1ccccn1)C(=O)N[C@@H](Cc1ccccc1)C(=O)C(=O)NC1CC1. The van der Waals surface area contributed by atoms with Crippen LogP contribution in [0.15, 0.2) is 54.7 Å².